The Hall–Kier alpha value is -5.81. The standard InChI is InChI=1S/C50H34N2S2/c1-50(2)40-30-47-46(53-44-22-11-12-23-45(44)54-47)29-39(40)37-24-25-38-36-20-9-10-21-43(36)52(49(38)48(37)50)35-19-13-18-33(26-35)42-28-34(31-14-5-3-6-15-31)27-41(51-42)32-16-7-4-8-17-32/h3-30H,1-2H3. The molecule has 11 rings (SSSR count). The highest BCUT2D eigenvalue weighted by molar-refractivity contribution is 8.05. The number of hydrogen-bond acceptors (Lipinski definition) is 3. The molecular weight excluding hydrogens is 693 g/mol. The van der Waals surface area contributed by atoms with Crippen LogP contribution in [-0.2, 0) is 5.41 Å². The monoisotopic (exact) mass is 726 g/mol. The lowest BCUT2D eigenvalue weighted by Crippen LogP contribution is -2.17. The average molecular weight is 727 g/mol. The third-order valence-corrected chi connectivity index (χ3v) is 13.7. The minimum absolute atomic E-state index is 0.207. The van der Waals surface area contributed by atoms with Gasteiger partial charge in [0.15, 0.2) is 0 Å². The summed E-state index contributed by atoms with van der Waals surface area (Å²) in [6.07, 6.45) is 0. The van der Waals surface area contributed by atoms with Gasteiger partial charge in [-0.2, -0.15) is 0 Å². The maximum atomic E-state index is 5.29. The molecule has 256 valence electrons. The Labute approximate surface area is 323 Å². The van der Waals surface area contributed by atoms with E-state index >= 15 is 0 Å². The van der Waals surface area contributed by atoms with Crippen LogP contribution >= 0.6 is 23.5 Å². The van der Waals surface area contributed by atoms with Gasteiger partial charge < -0.3 is 4.57 Å². The summed E-state index contributed by atoms with van der Waals surface area (Å²) in [5.41, 5.74) is 15.3. The number of para-hydroxylation sites is 1. The van der Waals surface area contributed by atoms with Gasteiger partial charge in [-0.25, -0.2) is 4.98 Å². The minimum atomic E-state index is -0.207. The van der Waals surface area contributed by atoms with Crippen molar-refractivity contribution in [2.75, 3.05) is 0 Å². The number of benzene rings is 7. The molecule has 0 saturated carbocycles. The Kier molecular flexibility index (Phi) is 7.11. The van der Waals surface area contributed by atoms with Gasteiger partial charge >= 0.3 is 0 Å². The normalized spacial score (nSPS) is 13.7. The first-order chi connectivity index (χ1) is 26.5. The van der Waals surface area contributed by atoms with Crippen LogP contribution in [0.3, 0.4) is 0 Å². The van der Waals surface area contributed by atoms with Crippen LogP contribution in [0, 0.1) is 0 Å². The molecule has 2 nitrogen and oxygen atoms in total. The zero-order valence-corrected chi connectivity index (χ0v) is 31.5. The van der Waals surface area contributed by atoms with Crippen LogP contribution in [0.1, 0.15) is 25.0 Å². The van der Waals surface area contributed by atoms with Gasteiger partial charge in [0.2, 0.25) is 0 Å². The summed E-state index contributed by atoms with van der Waals surface area (Å²) < 4.78 is 2.51. The summed E-state index contributed by atoms with van der Waals surface area (Å²) in [6.45, 7) is 4.83. The van der Waals surface area contributed by atoms with Crippen LogP contribution < -0.4 is 0 Å². The van der Waals surface area contributed by atoms with Gasteiger partial charge in [0.05, 0.1) is 22.4 Å². The molecule has 0 amide bonds. The first-order valence-electron chi connectivity index (χ1n) is 18.5. The van der Waals surface area contributed by atoms with Gasteiger partial charge in [-0.05, 0) is 88.0 Å². The molecule has 2 aromatic heterocycles. The number of nitrogens with zero attached hydrogens (tertiary/aromatic N) is 2. The fourth-order valence-electron chi connectivity index (χ4n) is 8.67. The highest BCUT2D eigenvalue weighted by Crippen LogP contribution is 2.57. The third kappa shape index (κ3) is 4.87. The molecular formula is C50H34N2S2. The second kappa shape index (κ2) is 12.1. The van der Waals surface area contributed by atoms with Crippen LogP contribution in [0.4, 0.5) is 0 Å². The van der Waals surface area contributed by atoms with Crippen LogP contribution in [0.2, 0.25) is 0 Å². The summed E-state index contributed by atoms with van der Waals surface area (Å²) in [5.74, 6) is 0. The van der Waals surface area contributed by atoms with Gasteiger partial charge in [-0.3, -0.25) is 0 Å². The maximum absolute atomic E-state index is 5.29. The molecule has 0 spiro atoms. The molecule has 0 atom stereocenters. The van der Waals surface area contributed by atoms with E-state index in [0.717, 1.165) is 33.8 Å². The van der Waals surface area contributed by atoms with Crippen molar-refractivity contribution in [3.05, 3.63) is 181 Å². The predicted molar refractivity (Wildman–Crippen MR) is 227 cm³/mol. The van der Waals surface area contributed by atoms with Crippen molar-refractivity contribution < 1.29 is 0 Å². The van der Waals surface area contributed by atoms with Crippen LogP contribution in [0.5, 0.6) is 0 Å². The largest absolute Gasteiger partial charge is 0.309 e. The summed E-state index contributed by atoms with van der Waals surface area (Å²) in [4.78, 5) is 10.7. The van der Waals surface area contributed by atoms with Gasteiger partial charge in [0.1, 0.15) is 0 Å². The Morgan fingerprint density at radius 3 is 1.85 bits per heavy atom. The lowest BCUT2D eigenvalue weighted by atomic mass is 9.81. The molecule has 9 aromatic rings. The van der Waals surface area contributed by atoms with Crippen molar-refractivity contribution in [3.63, 3.8) is 0 Å². The van der Waals surface area contributed by atoms with E-state index in [1.165, 1.54) is 69.2 Å². The lowest BCUT2D eigenvalue weighted by molar-refractivity contribution is 0.661. The van der Waals surface area contributed by atoms with E-state index in [1.54, 1.807) is 0 Å². The van der Waals surface area contributed by atoms with E-state index in [9.17, 15) is 0 Å². The van der Waals surface area contributed by atoms with Crippen LogP contribution in [-0.4, -0.2) is 9.55 Å². The highest BCUT2D eigenvalue weighted by Gasteiger charge is 2.40. The maximum Gasteiger partial charge on any atom is 0.0716 e. The molecule has 0 N–H and O–H groups in total. The highest BCUT2D eigenvalue weighted by atomic mass is 32.2. The molecule has 0 bridgehead atoms. The van der Waals surface area contributed by atoms with Gasteiger partial charge in [-0.15, -0.1) is 0 Å². The van der Waals surface area contributed by atoms with Gasteiger partial charge in [0.25, 0.3) is 0 Å². The quantitative estimate of drug-likeness (QED) is 0.180. The van der Waals surface area contributed by atoms with Crippen LogP contribution in [0.25, 0.3) is 72.3 Å². The molecule has 1 aliphatic carbocycles. The molecule has 0 fully saturated rings. The topological polar surface area (TPSA) is 17.8 Å². The lowest BCUT2D eigenvalue weighted by Gasteiger charge is -2.25. The fourth-order valence-corrected chi connectivity index (χ4v) is 10.9. The van der Waals surface area contributed by atoms with E-state index in [1.807, 2.05) is 23.5 Å². The van der Waals surface area contributed by atoms with Crippen molar-refractivity contribution in [1.29, 1.82) is 0 Å². The van der Waals surface area contributed by atoms with Crippen molar-refractivity contribution >= 4 is 45.3 Å². The molecule has 4 heteroatoms. The zero-order chi connectivity index (χ0) is 36.0. The molecule has 0 unspecified atom stereocenters. The van der Waals surface area contributed by atoms with Crippen molar-refractivity contribution in [2.45, 2.75) is 38.8 Å². The Balaban J connectivity index is 1.12. The average Bonchev–Trinajstić information content (AvgIpc) is 3.67. The molecule has 54 heavy (non-hydrogen) atoms. The fraction of sp³-hybridized carbons (Fsp3) is 0.0600. The minimum Gasteiger partial charge on any atom is -0.309 e. The van der Waals surface area contributed by atoms with Crippen molar-refractivity contribution in [2.24, 2.45) is 0 Å². The zero-order valence-electron chi connectivity index (χ0n) is 29.9. The Bertz CT molecular complexity index is 2900. The smallest absolute Gasteiger partial charge is 0.0716 e. The molecule has 3 heterocycles. The SMILES string of the molecule is CC1(C)c2cc3c(cc2-c2ccc4c5ccccc5n(-c5cccc(-c6cc(-c7ccccc7)cc(-c7ccccc7)n6)c5)c4c21)Sc1ccccc1S3. The number of fused-ring (bicyclic) bond motifs is 9. The number of pyridine rings is 1. The Morgan fingerprint density at radius 2 is 1.09 bits per heavy atom. The van der Waals surface area contributed by atoms with Crippen LogP contribution in [0.15, 0.2) is 189 Å². The van der Waals surface area contributed by atoms with E-state index in [0.29, 0.717) is 0 Å². The molecule has 7 aromatic carbocycles. The van der Waals surface area contributed by atoms with Crippen molar-refractivity contribution in [1.82, 2.24) is 9.55 Å². The van der Waals surface area contributed by atoms with E-state index in [-0.39, 0.29) is 5.41 Å². The Morgan fingerprint density at radius 1 is 0.463 bits per heavy atom. The summed E-state index contributed by atoms with van der Waals surface area (Å²) in [5, 5.41) is 2.55. The second-order valence-electron chi connectivity index (χ2n) is 14.8. The van der Waals surface area contributed by atoms with Crippen molar-refractivity contribution in [3.8, 4) is 50.5 Å². The number of hydrogen-bond donors (Lipinski definition) is 0. The first kappa shape index (κ1) is 31.7. The molecule has 2 aliphatic rings. The molecule has 0 saturated heterocycles. The van der Waals surface area contributed by atoms with Gasteiger partial charge in [0, 0.05) is 52.6 Å². The molecule has 1 aliphatic heterocycles. The predicted octanol–water partition coefficient (Wildman–Crippen LogP) is 14.1. The summed E-state index contributed by atoms with van der Waals surface area (Å²) in [6, 6.07) is 61.9. The molecule has 0 radical (unpaired) electrons. The van der Waals surface area contributed by atoms with E-state index < -0.39 is 0 Å². The van der Waals surface area contributed by atoms with E-state index in [2.05, 4.69) is 188 Å². The second-order valence-corrected chi connectivity index (χ2v) is 16.9. The summed E-state index contributed by atoms with van der Waals surface area (Å²) in [7, 11) is 0. The summed E-state index contributed by atoms with van der Waals surface area (Å²) >= 11 is 3.80. The third-order valence-electron chi connectivity index (χ3n) is 11.2. The first-order valence-corrected chi connectivity index (χ1v) is 20.1. The van der Waals surface area contributed by atoms with Gasteiger partial charge in [-0.1, -0.05) is 153 Å². The number of aromatic nitrogens is 2. The number of rotatable bonds is 4. The van der Waals surface area contributed by atoms with E-state index in [4.69, 9.17) is 4.98 Å².